The number of nitrogens with one attached hydrogen (secondary N) is 1. The number of para-hydroxylation sites is 1. The van der Waals surface area contributed by atoms with E-state index in [2.05, 4.69) is 28.2 Å². The monoisotopic (exact) mass is 324 g/mol. The lowest BCUT2D eigenvalue weighted by atomic mass is 10.2. The summed E-state index contributed by atoms with van der Waals surface area (Å²) in [6.07, 6.45) is 0.757. The van der Waals surface area contributed by atoms with Crippen LogP contribution in [0.25, 0.3) is 16.6 Å². The van der Waals surface area contributed by atoms with Crippen LogP contribution < -0.4 is 0 Å². The van der Waals surface area contributed by atoms with Gasteiger partial charge in [0.25, 0.3) is 0 Å². The summed E-state index contributed by atoms with van der Waals surface area (Å²) in [6, 6.07) is 9.98. The normalized spacial score (nSPS) is 11.6. The van der Waals surface area contributed by atoms with Gasteiger partial charge in [0.2, 0.25) is 4.77 Å². The van der Waals surface area contributed by atoms with Crippen LogP contribution in [0.1, 0.15) is 17.2 Å². The van der Waals surface area contributed by atoms with Gasteiger partial charge in [0, 0.05) is 24.0 Å². The van der Waals surface area contributed by atoms with E-state index < -0.39 is 0 Å². The standard InChI is InChI=1S/C16H16N6S/c1-10-9-11(2)21(19-10)8-7-14-18-15-12-5-3-4-6-13(12)17-16(23)22(15)20-14/h3-6,9H,7-8H2,1-2H3,(H,18,20). The fraction of sp³-hybridized carbons (Fsp3) is 0.250. The molecule has 6 nitrogen and oxygen atoms in total. The second-order valence-corrected chi connectivity index (χ2v) is 6.01. The molecule has 0 saturated carbocycles. The minimum Gasteiger partial charge on any atom is -0.277 e. The number of hydrogen-bond acceptors (Lipinski definition) is 4. The third-order valence-electron chi connectivity index (χ3n) is 3.91. The lowest BCUT2D eigenvalue weighted by Gasteiger charge is -2.01. The number of hydrogen-bond donors (Lipinski definition) is 1. The van der Waals surface area contributed by atoms with Crippen molar-refractivity contribution in [1.82, 2.24) is 29.4 Å². The van der Waals surface area contributed by atoms with Gasteiger partial charge >= 0.3 is 0 Å². The van der Waals surface area contributed by atoms with Crippen LogP contribution in [0.4, 0.5) is 0 Å². The SMILES string of the molecule is Cc1cc(C)n(CCc2nc3c4ccccc4nc(=S)n3[nH]2)n1. The van der Waals surface area contributed by atoms with Crippen LogP contribution in [0.3, 0.4) is 0 Å². The van der Waals surface area contributed by atoms with Gasteiger partial charge in [0.05, 0.1) is 11.2 Å². The Morgan fingerprint density at radius 1 is 1.17 bits per heavy atom. The minimum absolute atomic E-state index is 0.489. The third-order valence-corrected chi connectivity index (χ3v) is 4.18. The first-order valence-electron chi connectivity index (χ1n) is 7.49. The predicted molar refractivity (Wildman–Crippen MR) is 91.1 cm³/mol. The van der Waals surface area contributed by atoms with Gasteiger partial charge in [-0.05, 0) is 44.3 Å². The molecule has 116 valence electrons. The lowest BCUT2D eigenvalue weighted by Crippen LogP contribution is -2.06. The summed E-state index contributed by atoms with van der Waals surface area (Å²) in [5, 5.41) is 8.73. The molecule has 4 aromatic rings. The summed E-state index contributed by atoms with van der Waals surface area (Å²) in [5.74, 6) is 0.877. The van der Waals surface area contributed by atoms with Crippen LogP contribution in [0.2, 0.25) is 0 Å². The first-order chi connectivity index (χ1) is 11.1. The number of rotatable bonds is 3. The highest BCUT2D eigenvalue weighted by molar-refractivity contribution is 7.71. The average molecular weight is 324 g/mol. The zero-order chi connectivity index (χ0) is 16.0. The molecule has 0 fully saturated rings. The van der Waals surface area contributed by atoms with Crippen molar-refractivity contribution in [3.63, 3.8) is 0 Å². The average Bonchev–Trinajstić information content (AvgIpc) is 3.09. The molecule has 1 N–H and O–H groups in total. The quantitative estimate of drug-likeness (QED) is 0.588. The summed E-state index contributed by atoms with van der Waals surface area (Å²) in [6.45, 7) is 4.84. The van der Waals surface area contributed by atoms with E-state index in [0.29, 0.717) is 4.77 Å². The number of aromatic amines is 1. The molecule has 3 heterocycles. The highest BCUT2D eigenvalue weighted by Crippen LogP contribution is 2.17. The molecule has 4 rings (SSSR count). The number of aryl methyl sites for hydroxylation is 4. The van der Waals surface area contributed by atoms with Crippen molar-refractivity contribution >= 4 is 28.8 Å². The smallest absolute Gasteiger partial charge is 0.221 e. The Kier molecular flexibility index (Phi) is 3.23. The predicted octanol–water partition coefficient (Wildman–Crippen LogP) is 3.00. The van der Waals surface area contributed by atoms with Gasteiger partial charge < -0.3 is 0 Å². The Hall–Kier alpha value is -2.54. The molecule has 0 aliphatic heterocycles. The van der Waals surface area contributed by atoms with E-state index in [9.17, 15) is 0 Å². The molecule has 3 aromatic heterocycles. The van der Waals surface area contributed by atoms with Gasteiger partial charge in [-0.25, -0.2) is 14.5 Å². The number of benzene rings is 1. The van der Waals surface area contributed by atoms with Crippen molar-refractivity contribution in [1.29, 1.82) is 0 Å². The molecule has 0 unspecified atom stereocenters. The zero-order valence-electron chi connectivity index (χ0n) is 12.9. The van der Waals surface area contributed by atoms with Crippen LogP contribution >= 0.6 is 12.2 Å². The summed E-state index contributed by atoms with van der Waals surface area (Å²) in [4.78, 5) is 9.15. The molecule has 0 radical (unpaired) electrons. The minimum atomic E-state index is 0.489. The van der Waals surface area contributed by atoms with Crippen molar-refractivity contribution in [3.8, 4) is 0 Å². The third kappa shape index (κ3) is 2.43. The fourth-order valence-electron chi connectivity index (χ4n) is 2.84. The van der Waals surface area contributed by atoms with Crippen molar-refractivity contribution in [2.75, 3.05) is 0 Å². The van der Waals surface area contributed by atoms with Crippen molar-refractivity contribution in [3.05, 3.63) is 52.3 Å². The maximum atomic E-state index is 5.36. The second-order valence-electron chi connectivity index (χ2n) is 5.64. The van der Waals surface area contributed by atoms with Gasteiger partial charge in [-0.2, -0.15) is 5.10 Å². The van der Waals surface area contributed by atoms with E-state index in [-0.39, 0.29) is 0 Å². The lowest BCUT2D eigenvalue weighted by molar-refractivity contribution is 0.581. The van der Waals surface area contributed by atoms with Gasteiger partial charge in [0.15, 0.2) is 5.65 Å². The first-order valence-corrected chi connectivity index (χ1v) is 7.90. The summed E-state index contributed by atoms with van der Waals surface area (Å²) < 4.78 is 4.26. The Bertz CT molecular complexity index is 1070. The first kappa shape index (κ1) is 14.1. The van der Waals surface area contributed by atoms with Gasteiger partial charge in [0.1, 0.15) is 5.82 Å². The van der Waals surface area contributed by atoms with E-state index in [1.807, 2.05) is 35.9 Å². The molecule has 0 atom stereocenters. The largest absolute Gasteiger partial charge is 0.277 e. The maximum absolute atomic E-state index is 5.36. The fourth-order valence-corrected chi connectivity index (χ4v) is 3.07. The molecular formula is C16H16N6S. The Labute approximate surface area is 137 Å². The number of aromatic nitrogens is 6. The number of H-pyrrole nitrogens is 1. The molecule has 0 aliphatic carbocycles. The van der Waals surface area contributed by atoms with Gasteiger partial charge in [-0.1, -0.05) is 12.1 Å². The van der Waals surface area contributed by atoms with E-state index in [0.717, 1.165) is 46.7 Å². The molecule has 0 saturated heterocycles. The van der Waals surface area contributed by atoms with E-state index in [1.54, 1.807) is 4.52 Å². The number of fused-ring (bicyclic) bond motifs is 3. The molecule has 1 aromatic carbocycles. The topological polar surface area (TPSA) is 63.8 Å². The van der Waals surface area contributed by atoms with Crippen LogP contribution in [0.5, 0.6) is 0 Å². The van der Waals surface area contributed by atoms with Crippen molar-refractivity contribution < 1.29 is 0 Å². The molecule has 0 aliphatic rings. The molecule has 23 heavy (non-hydrogen) atoms. The summed E-state index contributed by atoms with van der Waals surface area (Å²) >= 11 is 5.36. The van der Waals surface area contributed by atoms with Gasteiger partial charge in [-0.15, -0.1) is 0 Å². The van der Waals surface area contributed by atoms with E-state index in [1.165, 1.54) is 0 Å². The highest BCUT2D eigenvalue weighted by Gasteiger charge is 2.09. The molecule has 0 spiro atoms. The van der Waals surface area contributed by atoms with Crippen LogP contribution in [-0.4, -0.2) is 29.4 Å². The van der Waals surface area contributed by atoms with Crippen LogP contribution in [0, 0.1) is 18.6 Å². The van der Waals surface area contributed by atoms with Crippen LogP contribution in [0.15, 0.2) is 30.3 Å². The van der Waals surface area contributed by atoms with Crippen LogP contribution in [-0.2, 0) is 13.0 Å². The van der Waals surface area contributed by atoms with E-state index >= 15 is 0 Å². The molecule has 7 heteroatoms. The maximum Gasteiger partial charge on any atom is 0.221 e. The number of nitrogens with zero attached hydrogens (tertiary/aromatic N) is 5. The Balaban J connectivity index is 1.74. The Morgan fingerprint density at radius 3 is 2.78 bits per heavy atom. The Morgan fingerprint density at radius 2 is 2.00 bits per heavy atom. The summed E-state index contributed by atoms with van der Waals surface area (Å²) in [5.41, 5.74) is 3.88. The highest BCUT2D eigenvalue weighted by atomic mass is 32.1. The van der Waals surface area contributed by atoms with E-state index in [4.69, 9.17) is 17.2 Å². The molecule has 0 bridgehead atoms. The molecule has 0 amide bonds. The van der Waals surface area contributed by atoms with Crippen molar-refractivity contribution in [2.24, 2.45) is 0 Å². The summed E-state index contributed by atoms with van der Waals surface area (Å²) in [7, 11) is 0. The zero-order valence-corrected chi connectivity index (χ0v) is 13.8. The second kappa shape index (κ2) is 5.27. The van der Waals surface area contributed by atoms with Gasteiger partial charge in [-0.3, -0.25) is 9.78 Å². The molecular weight excluding hydrogens is 308 g/mol. The van der Waals surface area contributed by atoms with Crippen molar-refractivity contribution in [2.45, 2.75) is 26.8 Å².